The third-order valence-electron chi connectivity index (χ3n) is 3.36. The van der Waals surface area contributed by atoms with Crippen LogP contribution in [0.1, 0.15) is 23.7 Å². The Balaban J connectivity index is 1.73. The van der Waals surface area contributed by atoms with Gasteiger partial charge in [-0.15, -0.1) is 0 Å². The summed E-state index contributed by atoms with van der Waals surface area (Å²) in [5, 5.41) is 3.57. The second kappa shape index (κ2) is 6.24. The molecule has 0 saturated heterocycles. The molecule has 1 aromatic carbocycles. The van der Waals surface area contributed by atoms with E-state index in [1.165, 1.54) is 5.56 Å². The fourth-order valence-corrected chi connectivity index (χ4v) is 3.47. The van der Waals surface area contributed by atoms with Gasteiger partial charge in [0.25, 0.3) is 0 Å². The summed E-state index contributed by atoms with van der Waals surface area (Å²) in [5.74, 6) is 0.985. The van der Waals surface area contributed by atoms with Gasteiger partial charge in [0.15, 0.2) is 0 Å². The van der Waals surface area contributed by atoms with E-state index >= 15 is 0 Å². The Kier molecular flexibility index (Phi) is 4.38. The van der Waals surface area contributed by atoms with Crippen molar-refractivity contribution in [2.24, 2.45) is 0 Å². The van der Waals surface area contributed by atoms with Gasteiger partial charge in [-0.2, -0.15) is 0 Å². The fourth-order valence-electron chi connectivity index (χ4n) is 2.35. The average Bonchev–Trinajstić information content (AvgIpc) is 2.46. The van der Waals surface area contributed by atoms with Crippen LogP contribution < -0.4 is 10.1 Å². The Hall–Kier alpha value is -0.910. The summed E-state index contributed by atoms with van der Waals surface area (Å²) in [6.07, 6.45) is 2.80. The van der Waals surface area contributed by atoms with Crippen LogP contribution in [-0.2, 0) is 6.54 Å². The van der Waals surface area contributed by atoms with Crippen LogP contribution in [0, 0.1) is 0 Å². The number of nitrogens with one attached hydrogen (secondary N) is 1. The zero-order valence-corrected chi connectivity index (χ0v) is 13.9. The molecular formula is C15H14Br2N2O. The van der Waals surface area contributed by atoms with E-state index in [2.05, 4.69) is 54.3 Å². The number of hydrogen-bond donors (Lipinski definition) is 1. The second-order valence-electron chi connectivity index (χ2n) is 4.69. The van der Waals surface area contributed by atoms with E-state index in [9.17, 15) is 0 Å². The van der Waals surface area contributed by atoms with Crippen LogP contribution in [0.4, 0.5) is 0 Å². The summed E-state index contributed by atoms with van der Waals surface area (Å²) >= 11 is 6.96. The van der Waals surface area contributed by atoms with E-state index in [-0.39, 0.29) is 0 Å². The molecule has 2 heterocycles. The van der Waals surface area contributed by atoms with Crippen LogP contribution in [0.25, 0.3) is 0 Å². The maximum atomic E-state index is 5.67. The van der Waals surface area contributed by atoms with Gasteiger partial charge in [-0.3, -0.25) is 4.98 Å². The Morgan fingerprint density at radius 1 is 1.30 bits per heavy atom. The molecule has 1 aliphatic rings. The molecule has 0 spiro atoms. The number of hydrogen-bond acceptors (Lipinski definition) is 3. The van der Waals surface area contributed by atoms with Crippen LogP contribution in [0.15, 0.2) is 45.5 Å². The number of benzene rings is 1. The molecule has 3 nitrogen and oxygen atoms in total. The van der Waals surface area contributed by atoms with Crippen molar-refractivity contribution < 1.29 is 4.74 Å². The molecule has 1 unspecified atom stereocenters. The van der Waals surface area contributed by atoms with Crippen molar-refractivity contribution >= 4 is 31.9 Å². The molecule has 0 bridgehead atoms. The van der Waals surface area contributed by atoms with Crippen molar-refractivity contribution in [2.45, 2.75) is 19.0 Å². The number of rotatable bonds is 3. The van der Waals surface area contributed by atoms with Crippen LogP contribution in [-0.4, -0.2) is 11.6 Å². The third-order valence-corrected chi connectivity index (χ3v) is 4.48. The first-order valence-electron chi connectivity index (χ1n) is 6.49. The normalized spacial score (nSPS) is 17.4. The molecule has 1 aromatic heterocycles. The molecule has 3 rings (SSSR count). The first-order valence-corrected chi connectivity index (χ1v) is 8.07. The molecular weight excluding hydrogens is 384 g/mol. The maximum absolute atomic E-state index is 5.67. The lowest BCUT2D eigenvalue weighted by molar-refractivity contribution is 0.252. The number of fused-ring (bicyclic) bond motifs is 1. The topological polar surface area (TPSA) is 34.2 Å². The summed E-state index contributed by atoms with van der Waals surface area (Å²) in [6, 6.07) is 10.5. The predicted octanol–water partition coefficient (Wildman–Crippen LogP) is 4.22. The van der Waals surface area contributed by atoms with Crippen LogP contribution in [0.5, 0.6) is 5.75 Å². The number of pyridine rings is 1. The Morgan fingerprint density at radius 3 is 3.00 bits per heavy atom. The molecule has 5 heteroatoms. The zero-order valence-electron chi connectivity index (χ0n) is 10.8. The first kappa shape index (κ1) is 14.0. The number of aromatic nitrogens is 1. The highest BCUT2D eigenvalue weighted by atomic mass is 79.9. The van der Waals surface area contributed by atoms with Gasteiger partial charge in [0.1, 0.15) is 5.75 Å². The summed E-state index contributed by atoms with van der Waals surface area (Å²) in [5.41, 5.74) is 2.24. The number of nitrogens with zero attached hydrogens (tertiary/aromatic N) is 1. The molecule has 0 aliphatic carbocycles. The van der Waals surface area contributed by atoms with Crippen LogP contribution in [0.2, 0.25) is 0 Å². The molecule has 20 heavy (non-hydrogen) atoms. The van der Waals surface area contributed by atoms with Crippen molar-refractivity contribution in [3.63, 3.8) is 0 Å². The zero-order chi connectivity index (χ0) is 13.9. The van der Waals surface area contributed by atoms with Gasteiger partial charge in [0.05, 0.1) is 12.3 Å². The van der Waals surface area contributed by atoms with Gasteiger partial charge in [-0.1, -0.05) is 18.2 Å². The van der Waals surface area contributed by atoms with E-state index in [0.29, 0.717) is 6.04 Å². The predicted molar refractivity (Wildman–Crippen MR) is 85.8 cm³/mol. The van der Waals surface area contributed by atoms with Crippen LogP contribution >= 0.6 is 31.9 Å². The molecule has 1 N–H and O–H groups in total. The second-order valence-corrected chi connectivity index (χ2v) is 6.46. The minimum atomic E-state index is 0.317. The molecule has 1 aliphatic heterocycles. The Bertz CT molecular complexity index is 619. The quantitative estimate of drug-likeness (QED) is 0.841. The largest absolute Gasteiger partial charge is 0.493 e. The van der Waals surface area contributed by atoms with Gasteiger partial charge >= 0.3 is 0 Å². The molecule has 0 radical (unpaired) electrons. The summed E-state index contributed by atoms with van der Waals surface area (Å²) in [6.45, 7) is 1.48. The summed E-state index contributed by atoms with van der Waals surface area (Å²) in [4.78, 5) is 4.43. The summed E-state index contributed by atoms with van der Waals surface area (Å²) in [7, 11) is 0. The van der Waals surface area contributed by atoms with Crippen molar-refractivity contribution in [2.75, 3.05) is 6.61 Å². The minimum Gasteiger partial charge on any atom is -0.493 e. The van der Waals surface area contributed by atoms with Gasteiger partial charge < -0.3 is 10.1 Å². The van der Waals surface area contributed by atoms with Crippen molar-refractivity contribution in [3.05, 3.63) is 56.7 Å². The molecule has 104 valence electrons. The fraction of sp³-hybridized carbons (Fsp3) is 0.267. The smallest absolute Gasteiger partial charge is 0.124 e. The van der Waals surface area contributed by atoms with Crippen LogP contribution in [0.3, 0.4) is 0 Å². The van der Waals surface area contributed by atoms with Gasteiger partial charge in [0, 0.05) is 39.7 Å². The third kappa shape index (κ3) is 3.05. The highest BCUT2D eigenvalue weighted by molar-refractivity contribution is 9.11. The standard InChI is InChI=1S/C15H14Br2N2O/c16-10-7-12(17)14(18-8-10)9-19-13-5-6-20-15-4-2-1-3-11(13)15/h1-4,7-8,13,19H,5-6,9H2. The van der Waals surface area contributed by atoms with Gasteiger partial charge in [-0.05, 0) is 44.0 Å². The van der Waals surface area contributed by atoms with Gasteiger partial charge in [0.2, 0.25) is 0 Å². The van der Waals surface area contributed by atoms with E-state index < -0.39 is 0 Å². The molecule has 0 fully saturated rings. The lowest BCUT2D eigenvalue weighted by Gasteiger charge is -2.26. The van der Waals surface area contributed by atoms with Crippen molar-refractivity contribution in [1.29, 1.82) is 0 Å². The highest BCUT2D eigenvalue weighted by Crippen LogP contribution is 2.32. The van der Waals surface area contributed by atoms with E-state index in [4.69, 9.17) is 4.74 Å². The lowest BCUT2D eigenvalue weighted by Crippen LogP contribution is -2.27. The van der Waals surface area contributed by atoms with Crippen molar-refractivity contribution in [1.82, 2.24) is 10.3 Å². The summed E-state index contributed by atoms with van der Waals surface area (Å²) < 4.78 is 7.66. The van der Waals surface area contributed by atoms with Gasteiger partial charge in [-0.25, -0.2) is 0 Å². The first-order chi connectivity index (χ1) is 9.74. The van der Waals surface area contributed by atoms with E-state index in [1.54, 1.807) is 0 Å². The Labute approximate surface area is 135 Å². The number of halogens is 2. The monoisotopic (exact) mass is 396 g/mol. The maximum Gasteiger partial charge on any atom is 0.124 e. The van der Waals surface area contributed by atoms with Crippen molar-refractivity contribution in [3.8, 4) is 5.75 Å². The minimum absolute atomic E-state index is 0.317. The molecule has 2 aromatic rings. The Morgan fingerprint density at radius 2 is 2.15 bits per heavy atom. The van der Waals surface area contributed by atoms with E-state index in [0.717, 1.165) is 40.0 Å². The highest BCUT2D eigenvalue weighted by Gasteiger charge is 2.20. The van der Waals surface area contributed by atoms with E-state index in [1.807, 2.05) is 24.4 Å². The number of ether oxygens (including phenoxy) is 1. The number of para-hydroxylation sites is 1. The SMILES string of the molecule is Brc1cnc(CNC2CCOc3ccccc32)c(Br)c1. The molecule has 0 saturated carbocycles. The molecule has 0 amide bonds. The average molecular weight is 398 g/mol. The molecule has 1 atom stereocenters. The lowest BCUT2D eigenvalue weighted by atomic mass is 10.0.